The minimum absolute atomic E-state index is 0. The maximum atomic E-state index is 5.35. The number of hydrogen-bond acceptors (Lipinski definition) is 4. The lowest BCUT2D eigenvalue weighted by molar-refractivity contribution is 0.354. The van der Waals surface area contributed by atoms with Gasteiger partial charge in [0.2, 0.25) is 0 Å². The van der Waals surface area contributed by atoms with Crippen LogP contribution < -0.4 is 20.1 Å². The highest BCUT2D eigenvalue weighted by atomic mass is 127. The fourth-order valence-electron chi connectivity index (χ4n) is 2.63. The maximum Gasteiger partial charge on any atom is 0.191 e. The molecule has 0 aliphatic carbocycles. The first kappa shape index (κ1) is 23.6. The minimum Gasteiger partial charge on any atom is -0.493 e. The second-order valence-electron chi connectivity index (χ2n) is 5.87. The third-order valence-corrected chi connectivity index (χ3v) is 5.33. The molecule has 0 radical (unpaired) electrons. The molecule has 150 valence electrons. The number of guanidine groups is 1. The summed E-state index contributed by atoms with van der Waals surface area (Å²) in [5.41, 5.74) is 1.23. The Balaban J connectivity index is 0.00000364. The predicted octanol–water partition coefficient (Wildman–Crippen LogP) is 4.24. The Morgan fingerprint density at radius 3 is 2.41 bits per heavy atom. The average molecular weight is 503 g/mol. The fourth-order valence-corrected chi connectivity index (χ4v) is 3.53. The summed E-state index contributed by atoms with van der Waals surface area (Å²) in [6.45, 7) is 3.85. The van der Waals surface area contributed by atoms with Gasteiger partial charge in [-0.25, -0.2) is 0 Å². The average Bonchev–Trinajstić information content (AvgIpc) is 3.15. The monoisotopic (exact) mass is 503 g/mol. The first-order valence-electron chi connectivity index (χ1n) is 8.93. The molecule has 1 aromatic heterocycles. The van der Waals surface area contributed by atoms with Gasteiger partial charge in [-0.15, -0.1) is 35.3 Å². The van der Waals surface area contributed by atoms with Gasteiger partial charge in [-0.1, -0.05) is 13.0 Å². The molecule has 2 aromatic rings. The molecule has 0 aliphatic heterocycles. The number of benzene rings is 1. The van der Waals surface area contributed by atoms with Crippen molar-refractivity contribution < 1.29 is 9.47 Å². The second kappa shape index (κ2) is 12.8. The zero-order chi connectivity index (χ0) is 18.8. The van der Waals surface area contributed by atoms with Crippen LogP contribution in [0.25, 0.3) is 0 Å². The van der Waals surface area contributed by atoms with E-state index >= 15 is 0 Å². The van der Waals surface area contributed by atoms with Crippen LogP contribution >= 0.6 is 35.3 Å². The molecule has 0 amide bonds. The van der Waals surface area contributed by atoms with Crippen LogP contribution in [0.15, 0.2) is 35.3 Å². The van der Waals surface area contributed by atoms with Gasteiger partial charge in [0.1, 0.15) is 0 Å². The van der Waals surface area contributed by atoms with Crippen molar-refractivity contribution in [2.75, 3.05) is 27.8 Å². The number of hydrogen-bond donors (Lipinski definition) is 2. The van der Waals surface area contributed by atoms with Crippen molar-refractivity contribution in [1.29, 1.82) is 0 Å². The molecule has 7 heteroatoms. The Morgan fingerprint density at radius 1 is 1.04 bits per heavy atom. The summed E-state index contributed by atoms with van der Waals surface area (Å²) in [7, 11) is 5.12. The largest absolute Gasteiger partial charge is 0.493 e. The number of thiophene rings is 1. The zero-order valence-electron chi connectivity index (χ0n) is 16.5. The van der Waals surface area contributed by atoms with E-state index in [1.165, 1.54) is 15.3 Å². The van der Waals surface area contributed by atoms with Crippen LogP contribution in [0.3, 0.4) is 0 Å². The van der Waals surface area contributed by atoms with Gasteiger partial charge in [0.15, 0.2) is 17.5 Å². The molecule has 1 aromatic carbocycles. The Bertz CT molecular complexity index is 719. The van der Waals surface area contributed by atoms with Gasteiger partial charge in [-0.2, -0.15) is 0 Å². The van der Waals surface area contributed by atoms with E-state index in [1.807, 2.05) is 23.5 Å². The van der Waals surface area contributed by atoms with Crippen molar-refractivity contribution in [1.82, 2.24) is 10.6 Å². The molecule has 0 unspecified atom stereocenters. The molecular weight excluding hydrogens is 473 g/mol. The quantitative estimate of drug-likeness (QED) is 0.233. The Hall–Kier alpha value is -1.48. The zero-order valence-corrected chi connectivity index (χ0v) is 19.6. The molecule has 27 heavy (non-hydrogen) atoms. The molecule has 0 aliphatic rings. The molecular formula is C20H30IN3O2S. The second-order valence-corrected chi connectivity index (χ2v) is 7.12. The van der Waals surface area contributed by atoms with E-state index in [9.17, 15) is 0 Å². The predicted molar refractivity (Wildman–Crippen MR) is 125 cm³/mol. The lowest BCUT2D eigenvalue weighted by atomic mass is 10.1. The SMILES string of the molecule is CCc1ccc(CNC(=NC)NCCCc2ccc(OC)c(OC)c2)s1.I. The summed E-state index contributed by atoms with van der Waals surface area (Å²) in [5.74, 6) is 2.38. The molecule has 2 N–H and O–H groups in total. The van der Waals surface area contributed by atoms with E-state index in [1.54, 1.807) is 21.3 Å². The standard InChI is InChI=1S/C20H29N3O2S.HI/c1-5-16-9-10-17(26-16)14-23-20(21-2)22-12-6-7-15-8-11-18(24-3)19(13-15)25-4;/h8-11,13H,5-7,12,14H2,1-4H3,(H2,21,22,23);1H. The fraction of sp³-hybridized carbons (Fsp3) is 0.450. The van der Waals surface area contributed by atoms with Crippen LogP contribution in [0, 0.1) is 0 Å². The van der Waals surface area contributed by atoms with Crippen molar-refractivity contribution in [3.8, 4) is 11.5 Å². The van der Waals surface area contributed by atoms with E-state index in [-0.39, 0.29) is 24.0 Å². The van der Waals surface area contributed by atoms with Crippen molar-refractivity contribution >= 4 is 41.3 Å². The molecule has 0 bridgehead atoms. The van der Waals surface area contributed by atoms with Crippen LogP contribution in [0.1, 0.15) is 28.7 Å². The van der Waals surface area contributed by atoms with Crippen molar-refractivity contribution in [2.24, 2.45) is 4.99 Å². The van der Waals surface area contributed by atoms with Crippen LogP contribution in [0.4, 0.5) is 0 Å². The van der Waals surface area contributed by atoms with E-state index in [0.29, 0.717) is 0 Å². The lowest BCUT2D eigenvalue weighted by Crippen LogP contribution is -2.37. The van der Waals surface area contributed by atoms with Gasteiger partial charge in [-0.05, 0) is 49.1 Å². The topological polar surface area (TPSA) is 54.9 Å². The van der Waals surface area contributed by atoms with Crippen LogP contribution in [-0.2, 0) is 19.4 Å². The van der Waals surface area contributed by atoms with Crippen LogP contribution in [0.2, 0.25) is 0 Å². The van der Waals surface area contributed by atoms with Crippen molar-refractivity contribution in [3.63, 3.8) is 0 Å². The Labute approximate surface area is 183 Å². The highest BCUT2D eigenvalue weighted by molar-refractivity contribution is 14.0. The van der Waals surface area contributed by atoms with Gasteiger partial charge >= 0.3 is 0 Å². The highest BCUT2D eigenvalue weighted by Crippen LogP contribution is 2.27. The third-order valence-electron chi connectivity index (χ3n) is 4.10. The summed E-state index contributed by atoms with van der Waals surface area (Å²) in [6.07, 6.45) is 3.07. The van der Waals surface area contributed by atoms with Crippen LogP contribution in [-0.4, -0.2) is 33.8 Å². The summed E-state index contributed by atoms with van der Waals surface area (Å²) in [5, 5.41) is 6.74. The van der Waals surface area contributed by atoms with Gasteiger partial charge in [-0.3, -0.25) is 4.99 Å². The molecule has 2 rings (SSSR count). The Morgan fingerprint density at radius 2 is 1.78 bits per heavy atom. The summed E-state index contributed by atoms with van der Waals surface area (Å²) in [6, 6.07) is 10.4. The maximum absolute atomic E-state index is 5.35. The molecule has 0 saturated carbocycles. The molecule has 5 nitrogen and oxygen atoms in total. The molecule has 1 heterocycles. The molecule has 0 atom stereocenters. The number of halogens is 1. The van der Waals surface area contributed by atoms with Crippen molar-refractivity contribution in [3.05, 3.63) is 45.6 Å². The first-order chi connectivity index (χ1) is 12.7. The van der Waals surface area contributed by atoms with Crippen molar-refractivity contribution in [2.45, 2.75) is 32.7 Å². The van der Waals surface area contributed by atoms with E-state index in [0.717, 1.165) is 49.8 Å². The van der Waals surface area contributed by atoms with E-state index in [4.69, 9.17) is 9.47 Å². The minimum atomic E-state index is 0. The molecule has 0 saturated heterocycles. The van der Waals surface area contributed by atoms with Gasteiger partial charge in [0.25, 0.3) is 0 Å². The number of nitrogens with one attached hydrogen (secondary N) is 2. The van der Waals surface area contributed by atoms with Crippen LogP contribution in [0.5, 0.6) is 11.5 Å². The van der Waals surface area contributed by atoms with E-state index in [2.05, 4.69) is 40.7 Å². The smallest absolute Gasteiger partial charge is 0.191 e. The Kier molecular flexibility index (Phi) is 11.2. The number of nitrogens with zero attached hydrogens (tertiary/aromatic N) is 1. The normalized spacial score (nSPS) is 10.9. The summed E-state index contributed by atoms with van der Waals surface area (Å²) in [4.78, 5) is 7.03. The van der Waals surface area contributed by atoms with Gasteiger partial charge < -0.3 is 20.1 Å². The number of aliphatic imine (C=N–C) groups is 1. The molecule has 0 spiro atoms. The first-order valence-corrected chi connectivity index (χ1v) is 9.74. The summed E-state index contributed by atoms with van der Waals surface area (Å²) >= 11 is 1.85. The van der Waals surface area contributed by atoms with Gasteiger partial charge in [0, 0.05) is 23.3 Å². The molecule has 0 fully saturated rings. The number of aryl methyl sites for hydroxylation is 2. The van der Waals surface area contributed by atoms with Gasteiger partial charge in [0.05, 0.1) is 20.8 Å². The lowest BCUT2D eigenvalue weighted by Gasteiger charge is -2.12. The number of ether oxygens (including phenoxy) is 2. The number of methoxy groups -OCH3 is 2. The summed E-state index contributed by atoms with van der Waals surface area (Å²) < 4.78 is 10.6. The number of rotatable bonds is 9. The highest BCUT2D eigenvalue weighted by Gasteiger charge is 2.05. The van der Waals surface area contributed by atoms with E-state index < -0.39 is 0 Å². The third kappa shape index (κ3) is 7.57.